The van der Waals surface area contributed by atoms with Gasteiger partial charge in [-0.2, -0.15) is 0 Å². The smallest absolute Gasteiger partial charge is 0.408 e. The highest BCUT2D eigenvalue weighted by Crippen LogP contribution is 2.26. The van der Waals surface area contributed by atoms with Crippen LogP contribution in [-0.2, 0) is 4.74 Å². The average Bonchev–Trinajstić information content (AvgIpc) is 2.83. The molecule has 6 heteroatoms. The number of ether oxygens (including phenoxy) is 1. The van der Waals surface area contributed by atoms with E-state index in [9.17, 15) is 4.79 Å². The molecule has 22 heavy (non-hydrogen) atoms. The van der Waals surface area contributed by atoms with Gasteiger partial charge in [-0.1, -0.05) is 29.5 Å². The van der Waals surface area contributed by atoms with E-state index in [4.69, 9.17) is 4.74 Å². The van der Waals surface area contributed by atoms with E-state index in [0.29, 0.717) is 0 Å². The summed E-state index contributed by atoms with van der Waals surface area (Å²) >= 11 is 1.55. The number of alkyl carbamates (subject to hydrolysis) is 1. The number of hydrogen-bond acceptors (Lipinski definition) is 5. The summed E-state index contributed by atoms with van der Waals surface area (Å²) in [4.78, 5) is 11.8. The van der Waals surface area contributed by atoms with E-state index in [1.807, 2.05) is 58.9 Å². The fraction of sp³-hybridized carbons (Fsp3) is 0.438. The van der Waals surface area contributed by atoms with Crippen LogP contribution in [0.4, 0.5) is 4.79 Å². The molecule has 0 saturated heterocycles. The summed E-state index contributed by atoms with van der Waals surface area (Å²) in [5.74, 6) is 0. The van der Waals surface area contributed by atoms with Gasteiger partial charge in [0.1, 0.15) is 15.6 Å². The van der Waals surface area contributed by atoms with E-state index < -0.39 is 11.7 Å². The van der Waals surface area contributed by atoms with Crippen LogP contribution in [0.25, 0.3) is 10.6 Å². The lowest BCUT2D eigenvalue weighted by Crippen LogP contribution is -2.34. The maximum atomic E-state index is 11.8. The van der Waals surface area contributed by atoms with Gasteiger partial charge >= 0.3 is 6.09 Å². The molecule has 1 aromatic carbocycles. The van der Waals surface area contributed by atoms with Crippen molar-refractivity contribution >= 4 is 17.4 Å². The SMILES string of the molecule is Cc1nnc(-c2cccc([C@@H](C)NC(=O)OC(C)(C)C)c2)s1. The first-order valence-electron chi connectivity index (χ1n) is 7.14. The lowest BCUT2D eigenvalue weighted by Gasteiger charge is -2.22. The highest BCUT2D eigenvalue weighted by atomic mass is 32.1. The fourth-order valence-corrected chi connectivity index (χ4v) is 2.61. The largest absolute Gasteiger partial charge is 0.444 e. The van der Waals surface area contributed by atoms with Gasteiger partial charge < -0.3 is 10.1 Å². The van der Waals surface area contributed by atoms with Crippen molar-refractivity contribution in [2.24, 2.45) is 0 Å². The number of nitrogens with zero attached hydrogens (tertiary/aromatic N) is 2. The Balaban J connectivity index is 2.10. The molecule has 0 radical (unpaired) electrons. The van der Waals surface area contributed by atoms with Crippen LogP contribution >= 0.6 is 11.3 Å². The molecular formula is C16H21N3O2S. The molecule has 1 aromatic heterocycles. The molecule has 0 unspecified atom stereocenters. The monoisotopic (exact) mass is 319 g/mol. The summed E-state index contributed by atoms with van der Waals surface area (Å²) in [6.45, 7) is 9.38. The van der Waals surface area contributed by atoms with E-state index in [1.54, 1.807) is 11.3 Å². The number of aromatic nitrogens is 2. The third-order valence-corrected chi connectivity index (χ3v) is 3.78. The van der Waals surface area contributed by atoms with Crippen LogP contribution in [0, 0.1) is 6.92 Å². The van der Waals surface area contributed by atoms with Crippen molar-refractivity contribution in [2.75, 3.05) is 0 Å². The van der Waals surface area contributed by atoms with Gasteiger partial charge in [-0.25, -0.2) is 4.79 Å². The molecule has 0 fully saturated rings. The molecule has 0 bridgehead atoms. The maximum absolute atomic E-state index is 11.8. The number of carbonyl (C=O) groups is 1. The second kappa shape index (κ2) is 6.44. The number of aryl methyl sites for hydroxylation is 1. The Bertz CT molecular complexity index is 661. The minimum Gasteiger partial charge on any atom is -0.444 e. The van der Waals surface area contributed by atoms with Crippen molar-refractivity contribution in [1.82, 2.24) is 15.5 Å². The van der Waals surface area contributed by atoms with Crippen LogP contribution in [0.3, 0.4) is 0 Å². The van der Waals surface area contributed by atoms with E-state index in [-0.39, 0.29) is 6.04 Å². The van der Waals surface area contributed by atoms with Gasteiger partial charge in [0.25, 0.3) is 0 Å². The van der Waals surface area contributed by atoms with Crippen LogP contribution in [0.1, 0.15) is 44.3 Å². The average molecular weight is 319 g/mol. The molecule has 2 rings (SSSR count). The molecule has 1 atom stereocenters. The maximum Gasteiger partial charge on any atom is 0.408 e. The molecule has 1 heterocycles. The quantitative estimate of drug-likeness (QED) is 0.925. The molecule has 118 valence electrons. The zero-order chi connectivity index (χ0) is 16.3. The van der Waals surface area contributed by atoms with Crippen molar-refractivity contribution in [3.63, 3.8) is 0 Å². The molecule has 1 amide bonds. The van der Waals surface area contributed by atoms with Crippen molar-refractivity contribution < 1.29 is 9.53 Å². The summed E-state index contributed by atoms with van der Waals surface area (Å²) in [6.07, 6.45) is -0.419. The van der Waals surface area contributed by atoms with E-state index in [0.717, 1.165) is 21.1 Å². The highest BCUT2D eigenvalue weighted by Gasteiger charge is 2.18. The number of hydrogen-bond donors (Lipinski definition) is 1. The first kappa shape index (κ1) is 16.4. The van der Waals surface area contributed by atoms with Crippen LogP contribution in [0.15, 0.2) is 24.3 Å². The van der Waals surface area contributed by atoms with Crippen LogP contribution in [-0.4, -0.2) is 21.9 Å². The normalized spacial score (nSPS) is 12.8. The zero-order valence-electron chi connectivity index (χ0n) is 13.5. The van der Waals surface area contributed by atoms with E-state index in [1.165, 1.54) is 0 Å². The van der Waals surface area contributed by atoms with Gasteiger partial charge in [0, 0.05) is 5.56 Å². The van der Waals surface area contributed by atoms with Gasteiger partial charge in [-0.05, 0) is 46.2 Å². The summed E-state index contributed by atoms with van der Waals surface area (Å²) < 4.78 is 5.28. The number of carbonyl (C=O) groups excluding carboxylic acids is 1. The third kappa shape index (κ3) is 4.53. The number of rotatable bonds is 3. The standard InChI is InChI=1S/C16H21N3O2S/c1-10(17-15(20)21-16(3,4)5)12-7-6-8-13(9-12)14-19-18-11(2)22-14/h6-10H,1-5H3,(H,17,20)/t10-/m1/s1. The topological polar surface area (TPSA) is 64.1 Å². The second-order valence-corrected chi connectivity index (χ2v) is 7.30. The van der Waals surface area contributed by atoms with Gasteiger partial charge in [-0.15, -0.1) is 10.2 Å². The van der Waals surface area contributed by atoms with Crippen molar-refractivity contribution in [1.29, 1.82) is 0 Å². The predicted octanol–water partition coefficient (Wildman–Crippen LogP) is 4.10. The fourth-order valence-electron chi connectivity index (χ4n) is 1.92. The molecule has 2 aromatic rings. The van der Waals surface area contributed by atoms with Gasteiger partial charge in [0.05, 0.1) is 6.04 Å². The van der Waals surface area contributed by atoms with Crippen molar-refractivity contribution in [3.8, 4) is 10.6 Å². The summed E-state index contributed by atoms with van der Waals surface area (Å²) in [7, 11) is 0. The van der Waals surface area contributed by atoms with Gasteiger partial charge in [0.15, 0.2) is 0 Å². The lowest BCUT2D eigenvalue weighted by atomic mass is 10.1. The molecule has 0 spiro atoms. The van der Waals surface area contributed by atoms with Gasteiger partial charge in [0.2, 0.25) is 0 Å². The van der Waals surface area contributed by atoms with Crippen LogP contribution < -0.4 is 5.32 Å². The molecular weight excluding hydrogens is 298 g/mol. The number of amides is 1. The van der Waals surface area contributed by atoms with Crippen LogP contribution in [0.2, 0.25) is 0 Å². The molecule has 5 nitrogen and oxygen atoms in total. The summed E-state index contributed by atoms with van der Waals surface area (Å²) in [6, 6.07) is 7.78. The predicted molar refractivity (Wildman–Crippen MR) is 87.9 cm³/mol. The molecule has 0 aliphatic carbocycles. The number of benzene rings is 1. The third-order valence-electron chi connectivity index (χ3n) is 2.89. The minimum atomic E-state index is -0.504. The Kier molecular flexibility index (Phi) is 4.81. The van der Waals surface area contributed by atoms with Crippen molar-refractivity contribution in [2.45, 2.75) is 46.3 Å². The van der Waals surface area contributed by atoms with Gasteiger partial charge in [-0.3, -0.25) is 0 Å². The minimum absolute atomic E-state index is 0.149. The Morgan fingerprint density at radius 2 is 2.05 bits per heavy atom. The lowest BCUT2D eigenvalue weighted by molar-refractivity contribution is 0.0508. The first-order chi connectivity index (χ1) is 10.2. The zero-order valence-corrected chi connectivity index (χ0v) is 14.3. The molecule has 0 saturated carbocycles. The highest BCUT2D eigenvalue weighted by molar-refractivity contribution is 7.14. The van der Waals surface area contributed by atoms with E-state index >= 15 is 0 Å². The Labute approximate surface area is 134 Å². The second-order valence-electron chi connectivity index (χ2n) is 6.12. The molecule has 0 aliphatic heterocycles. The number of nitrogens with one attached hydrogen (secondary N) is 1. The summed E-state index contributed by atoms with van der Waals surface area (Å²) in [5, 5.41) is 12.8. The Morgan fingerprint density at radius 1 is 1.32 bits per heavy atom. The first-order valence-corrected chi connectivity index (χ1v) is 7.96. The Morgan fingerprint density at radius 3 is 2.64 bits per heavy atom. The van der Waals surface area contributed by atoms with Crippen LogP contribution in [0.5, 0.6) is 0 Å². The molecule has 0 aliphatic rings. The van der Waals surface area contributed by atoms with E-state index in [2.05, 4.69) is 15.5 Å². The summed E-state index contributed by atoms with van der Waals surface area (Å²) in [5.41, 5.74) is 1.49. The van der Waals surface area contributed by atoms with Crippen molar-refractivity contribution in [3.05, 3.63) is 34.8 Å². The Hall–Kier alpha value is -1.95. The molecule has 1 N–H and O–H groups in total.